The van der Waals surface area contributed by atoms with Crippen LogP contribution < -0.4 is 0 Å². The molecule has 0 unspecified atom stereocenters. The van der Waals surface area contributed by atoms with Crippen molar-refractivity contribution in [2.75, 3.05) is 0 Å². The van der Waals surface area contributed by atoms with E-state index in [1.54, 1.807) is 0 Å². The minimum Gasteiger partial charge on any atom is -0.0593 e. The zero-order valence-electron chi connectivity index (χ0n) is 9.23. The van der Waals surface area contributed by atoms with Gasteiger partial charge in [-0.3, -0.25) is 0 Å². The van der Waals surface area contributed by atoms with Gasteiger partial charge in [-0.2, -0.15) is 0 Å². The molecule has 0 aromatic heterocycles. The van der Waals surface area contributed by atoms with Crippen LogP contribution in [0.15, 0.2) is 18.2 Å². The van der Waals surface area contributed by atoms with E-state index >= 15 is 0 Å². The Balaban J connectivity index is 3.08. The Labute approximate surface area is 82.0 Å². The first-order valence-corrected chi connectivity index (χ1v) is 4.74. The molecule has 0 aliphatic heterocycles. The van der Waals surface area contributed by atoms with Crippen molar-refractivity contribution in [3.63, 3.8) is 0 Å². The van der Waals surface area contributed by atoms with Crippen LogP contribution in [0.1, 0.15) is 40.2 Å². The van der Waals surface area contributed by atoms with Gasteiger partial charge in [0.1, 0.15) is 0 Å². The summed E-state index contributed by atoms with van der Waals surface area (Å²) in [6.07, 6.45) is 0. The van der Waals surface area contributed by atoms with E-state index in [0.29, 0.717) is 0 Å². The molecule has 0 bridgehead atoms. The third-order valence-electron chi connectivity index (χ3n) is 3.25. The fraction of sp³-hybridized carbons (Fsp3) is 0.538. The minimum atomic E-state index is 0.179. The first-order valence-electron chi connectivity index (χ1n) is 4.74. The van der Waals surface area contributed by atoms with Crippen molar-refractivity contribution in [2.24, 2.45) is 5.41 Å². The summed E-state index contributed by atoms with van der Waals surface area (Å²) in [5.74, 6) is 0. The zero-order chi connectivity index (χ0) is 10.1. The molecule has 13 heavy (non-hydrogen) atoms. The van der Waals surface area contributed by atoms with Gasteiger partial charge in [-0.05, 0) is 34.6 Å². The van der Waals surface area contributed by atoms with Gasteiger partial charge in [-0.25, -0.2) is 0 Å². The number of rotatable bonds is 1. The van der Waals surface area contributed by atoms with E-state index in [9.17, 15) is 0 Å². The maximum Gasteiger partial charge on any atom is -0.00548 e. The van der Waals surface area contributed by atoms with Crippen molar-refractivity contribution in [3.8, 4) is 0 Å². The van der Waals surface area contributed by atoms with Crippen LogP contribution in [-0.2, 0) is 5.41 Å². The molecule has 0 spiro atoms. The van der Waals surface area contributed by atoms with Gasteiger partial charge in [0.05, 0.1) is 0 Å². The molecule has 0 fully saturated rings. The molecule has 0 saturated carbocycles. The van der Waals surface area contributed by atoms with Crippen LogP contribution in [0, 0.1) is 17.5 Å². The molecule has 0 aliphatic carbocycles. The van der Waals surface area contributed by atoms with Gasteiger partial charge in [0, 0.05) is 0 Å². The van der Waals surface area contributed by atoms with Gasteiger partial charge in [0.2, 0.25) is 0 Å². The second-order valence-electron chi connectivity index (χ2n) is 5.10. The molecule has 0 heterocycles. The maximum atomic E-state index is 3.01. The van der Waals surface area contributed by atoms with Gasteiger partial charge in [-0.15, -0.1) is 0 Å². The van der Waals surface area contributed by atoms with Crippen LogP contribution in [0.5, 0.6) is 0 Å². The van der Waals surface area contributed by atoms with E-state index in [2.05, 4.69) is 52.8 Å². The summed E-state index contributed by atoms with van der Waals surface area (Å²) in [4.78, 5) is 0. The first-order chi connectivity index (χ1) is 5.86. The predicted octanol–water partition coefficient (Wildman–Crippen LogP) is 3.61. The highest BCUT2D eigenvalue weighted by molar-refractivity contribution is 5.24. The van der Waals surface area contributed by atoms with Gasteiger partial charge < -0.3 is 0 Å². The molecule has 1 rings (SSSR count). The fourth-order valence-electron chi connectivity index (χ4n) is 1.17. The smallest absolute Gasteiger partial charge is 0.00548 e. The Kier molecular flexibility index (Phi) is 2.51. The van der Waals surface area contributed by atoms with Crippen LogP contribution in [-0.4, -0.2) is 0 Å². The van der Waals surface area contributed by atoms with Crippen LogP contribution in [0.2, 0.25) is 0 Å². The Hall–Kier alpha value is -0.780. The highest BCUT2D eigenvalue weighted by Crippen LogP contribution is 2.40. The lowest BCUT2D eigenvalue weighted by molar-refractivity contribution is 0.225. The van der Waals surface area contributed by atoms with Crippen molar-refractivity contribution in [2.45, 2.75) is 40.0 Å². The van der Waals surface area contributed by atoms with Crippen molar-refractivity contribution in [1.82, 2.24) is 0 Å². The van der Waals surface area contributed by atoms with Gasteiger partial charge in [0.15, 0.2) is 0 Å². The molecular formula is C13H18. The highest BCUT2D eigenvalue weighted by atomic mass is 14.4. The molecule has 0 aliphatic rings. The van der Waals surface area contributed by atoms with E-state index < -0.39 is 0 Å². The lowest BCUT2D eigenvalue weighted by atomic mass is 9.65. The molecule has 0 nitrogen and oxygen atoms in total. The summed E-state index contributed by atoms with van der Waals surface area (Å²) in [7, 11) is 0. The van der Waals surface area contributed by atoms with Crippen LogP contribution >= 0.6 is 0 Å². The van der Waals surface area contributed by atoms with Gasteiger partial charge >= 0.3 is 0 Å². The largest absolute Gasteiger partial charge is 0.0593 e. The second kappa shape index (κ2) is 3.17. The Bertz CT molecular complexity index is 262. The summed E-state index contributed by atoms with van der Waals surface area (Å²) in [5.41, 5.74) is 1.78. The molecule has 1 aromatic rings. The molecular weight excluding hydrogens is 156 g/mol. The van der Waals surface area contributed by atoms with Crippen LogP contribution in [0.3, 0.4) is 0 Å². The summed E-state index contributed by atoms with van der Waals surface area (Å²) >= 11 is 0. The van der Waals surface area contributed by atoms with Crippen LogP contribution in [0.25, 0.3) is 0 Å². The van der Waals surface area contributed by atoms with Crippen molar-refractivity contribution < 1.29 is 0 Å². The third-order valence-corrected chi connectivity index (χ3v) is 3.25. The van der Waals surface area contributed by atoms with E-state index in [4.69, 9.17) is 0 Å². The number of hydrogen-bond donors (Lipinski definition) is 0. The number of benzene rings is 1. The lowest BCUT2D eigenvalue weighted by Crippen LogP contribution is -2.33. The average Bonchev–Trinajstić information content (AvgIpc) is 2.04. The fourth-order valence-corrected chi connectivity index (χ4v) is 1.17. The maximum absolute atomic E-state index is 3.01. The normalized spacial score (nSPS) is 13.0. The van der Waals surface area contributed by atoms with E-state index in [1.165, 1.54) is 5.56 Å². The summed E-state index contributed by atoms with van der Waals surface area (Å²) in [6.45, 7) is 11.4. The second-order valence-corrected chi connectivity index (χ2v) is 5.10. The third kappa shape index (κ3) is 1.93. The first kappa shape index (κ1) is 10.3. The summed E-state index contributed by atoms with van der Waals surface area (Å²) in [6, 6.07) is 12.0. The SMILES string of the molecule is CC(C)(C)C(C)(C)c1c[c][c]cc1. The van der Waals surface area contributed by atoms with Gasteiger partial charge in [0.25, 0.3) is 0 Å². The Morgan fingerprint density at radius 2 is 1.62 bits per heavy atom. The number of hydrogen-bond acceptors (Lipinski definition) is 0. The molecule has 0 saturated heterocycles. The molecule has 2 radical (unpaired) electrons. The quantitative estimate of drug-likeness (QED) is 0.610. The van der Waals surface area contributed by atoms with Crippen molar-refractivity contribution >= 4 is 0 Å². The molecule has 1 aromatic carbocycles. The minimum absolute atomic E-state index is 0.179. The summed E-state index contributed by atoms with van der Waals surface area (Å²) < 4.78 is 0. The molecule has 0 N–H and O–H groups in total. The summed E-state index contributed by atoms with van der Waals surface area (Å²) in [5, 5.41) is 0. The van der Waals surface area contributed by atoms with E-state index in [1.807, 2.05) is 12.1 Å². The molecule has 0 amide bonds. The van der Waals surface area contributed by atoms with Crippen molar-refractivity contribution in [1.29, 1.82) is 0 Å². The monoisotopic (exact) mass is 174 g/mol. The zero-order valence-corrected chi connectivity index (χ0v) is 9.23. The lowest BCUT2D eigenvalue weighted by Gasteiger charge is -2.39. The topological polar surface area (TPSA) is 0 Å². The average molecular weight is 174 g/mol. The highest BCUT2D eigenvalue weighted by Gasteiger charge is 2.33. The standard InChI is InChI=1S/C13H18/c1-12(2,3)13(4,5)11-9-7-6-8-10-11/h7,9-10H,1-5H3. The Morgan fingerprint density at radius 3 is 2.00 bits per heavy atom. The van der Waals surface area contributed by atoms with E-state index in [0.717, 1.165) is 0 Å². The Morgan fingerprint density at radius 1 is 1.00 bits per heavy atom. The molecule has 0 atom stereocenters. The molecule has 70 valence electrons. The van der Waals surface area contributed by atoms with E-state index in [-0.39, 0.29) is 10.8 Å². The van der Waals surface area contributed by atoms with Gasteiger partial charge in [-0.1, -0.05) is 46.8 Å². The molecule has 0 heteroatoms. The predicted molar refractivity (Wildman–Crippen MR) is 56.6 cm³/mol. The van der Waals surface area contributed by atoms with Crippen LogP contribution in [0.4, 0.5) is 0 Å². The van der Waals surface area contributed by atoms with Crippen molar-refractivity contribution in [3.05, 3.63) is 35.9 Å².